The predicted octanol–water partition coefficient (Wildman–Crippen LogP) is 3.17. The van der Waals surface area contributed by atoms with Crippen LogP contribution in [0, 0.1) is 0 Å². The fourth-order valence-corrected chi connectivity index (χ4v) is 2.00. The number of carbonyl (C=O) groups excluding carboxylic acids is 1. The van der Waals surface area contributed by atoms with Gasteiger partial charge in [0.1, 0.15) is 6.04 Å². The van der Waals surface area contributed by atoms with Crippen molar-refractivity contribution in [2.75, 3.05) is 11.9 Å². The number of hydrogen-bond acceptors (Lipinski definition) is 2. The van der Waals surface area contributed by atoms with Crippen LogP contribution in [0.15, 0.2) is 42.5 Å². The van der Waals surface area contributed by atoms with Gasteiger partial charge in [-0.15, -0.1) is 0 Å². The first kappa shape index (κ1) is 13.4. The Bertz CT molecular complexity index is 565. The van der Waals surface area contributed by atoms with E-state index in [9.17, 15) is 4.79 Å². The average Bonchev–Trinajstić information content (AvgIpc) is 2.44. The first-order valence-electron chi connectivity index (χ1n) is 6.73. The number of benzene rings is 2. The van der Waals surface area contributed by atoms with Crippen molar-refractivity contribution in [3.05, 3.63) is 42.5 Å². The van der Waals surface area contributed by atoms with E-state index < -0.39 is 0 Å². The number of nitrogens with one attached hydrogen (secondary N) is 2. The molecule has 3 nitrogen and oxygen atoms in total. The number of fused-ring (bicyclic) bond motifs is 1. The smallest absolute Gasteiger partial charge is 0.242 e. The van der Waals surface area contributed by atoms with E-state index in [-0.39, 0.29) is 11.9 Å². The zero-order valence-corrected chi connectivity index (χ0v) is 11.4. The molecule has 0 aliphatic rings. The topological polar surface area (TPSA) is 41.1 Å². The Morgan fingerprint density at radius 2 is 1.89 bits per heavy atom. The van der Waals surface area contributed by atoms with Gasteiger partial charge in [-0.2, -0.15) is 0 Å². The third-order valence-electron chi connectivity index (χ3n) is 3.08. The van der Waals surface area contributed by atoms with E-state index in [1.807, 2.05) is 32.0 Å². The Hall–Kier alpha value is -2.03. The SMILES string of the molecule is CCCNC(=O)C(C)Nc1ccc2ccccc2c1. The van der Waals surface area contributed by atoms with Gasteiger partial charge in [-0.05, 0) is 36.2 Å². The van der Waals surface area contributed by atoms with Gasteiger partial charge < -0.3 is 10.6 Å². The van der Waals surface area contributed by atoms with E-state index in [1.54, 1.807) is 0 Å². The number of amides is 1. The lowest BCUT2D eigenvalue weighted by Crippen LogP contribution is -2.37. The number of carbonyl (C=O) groups is 1. The van der Waals surface area contributed by atoms with Crippen molar-refractivity contribution < 1.29 is 4.79 Å². The average molecular weight is 256 g/mol. The van der Waals surface area contributed by atoms with Crippen LogP contribution >= 0.6 is 0 Å². The van der Waals surface area contributed by atoms with E-state index in [0.717, 1.165) is 18.7 Å². The fraction of sp³-hybridized carbons (Fsp3) is 0.312. The summed E-state index contributed by atoms with van der Waals surface area (Å²) in [5, 5.41) is 8.50. The Labute approximate surface area is 114 Å². The molecular formula is C16H20N2O. The molecule has 0 heterocycles. The molecule has 0 aromatic heterocycles. The van der Waals surface area contributed by atoms with Crippen LogP contribution in [0.2, 0.25) is 0 Å². The van der Waals surface area contributed by atoms with Crippen molar-refractivity contribution in [3.63, 3.8) is 0 Å². The molecule has 0 radical (unpaired) electrons. The van der Waals surface area contributed by atoms with Gasteiger partial charge in [-0.3, -0.25) is 4.79 Å². The minimum Gasteiger partial charge on any atom is -0.374 e. The highest BCUT2D eigenvalue weighted by atomic mass is 16.2. The molecule has 0 aliphatic heterocycles. The fourth-order valence-electron chi connectivity index (χ4n) is 2.00. The first-order valence-corrected chi connectivity index (χ1v) is 6.73. The zero-order valence-electron chi connectivity index (χ0n) is 11.4. The summed E-state index contributed by atoms with van der Waals surface area (Å²) in [4.78, 5) is 11.8. The molecule has 100 valence electrons. The number of hydrogen-bond donors (Lipinski definition) is 2. The molecule has 3 heteroatoms. The van der Waals surface area contributed by atoms with Gasteiger partial charge >= 0.3 is 0 Å². The lowest BCUT2D eigenvalue weighted by Gasteiger charge is -2.15. The predicted molar refractivity (Wildman–Crippen MR) is 80.3 cm³/mol. The Morgan fingerprint density at radius 3 is 2.63 bits per heavy atom. The van der Waals surface area contributed by atoms with E-state index in [0.29, 0.717) is 0 Å². The second kappa shape index (κ2) is 6.23. The van der Waals surface area contributed by atoms with E-state index in [2.05, 4.69) is 34.9 Å². The van der Waals surface area contributed by atoms with Crippen molar-refractivity contribution in [1.82, 2.24) is 5.32 Å². The molecule has 0 fully saturated rings. The Morgan fingerprint density at radius 1 is 1.16 bits per heavy atom. The van der Waals surface area contributed by atoms with Crippen LogP contribution in [-0.4, -0.2) is 18.5 Å². The van der Waals surface area contributed by atoms with Crippen molar-refractivity contribution in [2.24, 2.45) is 0 Å². The van der Waals surface area contributed by atoms with Crippen molar-refractivity contribution in [1.29, 1.82) is 0 Å². The summed E-state index contributed by atoms with van der Waals surface area (Å²) in [6.07, 6.45) is 0.953. The van der Waals surface area contributed by atoms with Crippen LogP contribution in [0.3, 0.4) is 0 Å². The molecule has 1 amide bonds. The van der Waals surface area contributed by atoms with Gasteiger partial charge in [0.05, 0.1) is 0 Å². The van der Waals surface area contributed by atoms with Crippen molar-refractivity contribution in [2.45, 2.75) is 26.3 Å². The van der Waals surface area contributed by atoms with E-state index in [4.69, 9.17) is 0 Å². The van der Waals surface area contributed by atoms with Crippen LogP contribution < -0.4 is 10.6 Å². The van der Waals surface area contributed by atoms with E-state index in [1.165, 1.54) is 10.8 Å². The lowest BCUT2D eigenvalue weighted by molar-refractivity contribution is -0.121. The van der Waals surface area contributed by atoms with Crippen LogP contribution in [0.1, 0.15) is 20.3 Å². The standard InChI is InChI=1S/C16H20N2O/c1-3-10-17-16(19)12(2)18-15-9-8-13-6-4-5-7-14(13)11-15/h4-9,11-12,18H,3,10H2,1-2H3,(H,17,19). The van der Waals surface area contributed by atoms with Crippen LogP contribution in [-0.2, 0) is 4.79 Å². The normalized spacial score (nSPS) is 12.1. The van der Waals surface area contributed by atoms with Crippen LogP contribution in [0.25, 0.3) is 10.8 Å². The summed E-state index contributed by atoms with van der Waals surface area (Å²) >= 11 is 0. The van der Waals surface area contributed by atoms with Crippen molar-refractivity contribution in [3.8, 4) is 0 Å². The molecule has 2 N–H and O–H groups in total. The highest BCUT2D eigenvalue weighted by Crippen LogP contribution is 2.19. The first-order chi connectivity index (χ1) is 9.20. The van der Waals surface area contributed by atoms with Gasteiger partial charge in [0.15, 0.2) is 0 Å². The summed E-state index contributed by atoms with van der Waals surface area (Å²) in [7, 11) is 0. The molecular weight excluding hydrogens is 236 g/mol. The minimum absolute atomic E-state index is 0.0370. The third kappa shape index (κ3) is 3.47. The van der Waals surface area contributed by atoms with Gasteiger partial charge in [-0.1, -0.05) is 37.3 Å². The summed E-state index contributed by atoms with van der Waals surface area (Å²) in [5.74, 6) is 0.0370. The third-order valence-corrected chi connectivity index (χ3v) is 3.08. The molecule has 0 aliphatic carbocycles. The number of anilines is 1. The molecule has 1 unspecified atom stereocenters. The summed E-state index contributed by atoms with van der Waals surface area (Å²) in [6, 6.07) is 14.1. The van der Waals surface area contributed by atoms with E-state index >= 15 is 0 Å². The van der Waals surface area contributed by atoms with Gasteiger partial charge in [0.25, 0.3) is 0 Å². The van der Waals surface area contributed by atoms with Crippen LogP contribution in [0.4, 0.5) is 5.69 Å². The summed E-state index contributed by atoms with van der Waals surface area (Å²) < 4.78 is 0. The molecule has 2 aromatic carbocycles. The van der Waals surface area contributed by atoms with Gasteiger partial charge in [0, 0.05) is 12.2 Å². The maximum atomic E-state index is 11.8. The van der Waals surface area contributed by atoms with Gasteiger partial charge in [0.2, 0.25) is 5.91 Å². The van der Waals surface area contributed by atoms with Gasteiger partial charge in [-0.25, -0.2) is 0 Å². The number of rotatable bonds is 5. The molecule has 1 atom stereocenters. The quantitative estimate of drug-likeness (QED) is 0.862. The molecule has 19 heavy (non-hydrogen) atoms. The maximum absolute atomic E-state index is 11.8. The maximum Gasteiger partial charge on any atom is 0.242 e. The molecule has 0 spiro atoms. The molecule has 0 saturated heterocycles. The minimum atomic E-state index is -0.229. The zero-order chi connectivity index (χ0) is 13.7. The summed E-state index contributed by atoms with van der Waals surface area (Å²) in [5.41, 5.74) is 0.970. The summed E-state index contributed by atoms with van der Waals surface area (Å²) in [6.45, 7) is 4.64. The second-order valence-electron chi connectivity index (χ2n) is 4.72. The van der Waals surface area contributed by atoms with Crippen LogP contribution in [0.5, 0.6) is 0 Å². The molecule has 0 bridgehead atoms. The highest BCUT2D eigenvalue weighted by molar-refractivity contribution is 5.88. The Balaban J connectivity index is 2.06. The molecule has 2 rings (SSSR count). The van der Waals surface area contributed by atoms with Crippen molar-refractivity contribution >= 4 is 22.4 Å². The molecule has 2 aromatic rings. The largest absolute Gasteiger partial charge is 0.374 e. The highest BCUT2D eigenvalue weighted by Gasteiger charge is 2.11. The Kier molecular flexibility index (Phi) is 4.39. The lowest BCUT2D eigenvalue weighted by atomic mass is 10.1. The molecule has 0 saturated carbocycles. The second-order valence-corrected chi connectivity index (χ2v) is 4.72. The monoisotopic (exact) mass is 256 g/mol.